The smallest absolute Gasteiger partial charge is 0.125 e. The van der Waals surface area contributed by atoms with Gasteiger partial charge in [0.05, 0.1) is 13.7 Å². The highest BCUT2D eigenvalue weighted by atomic mass is 16.5. The van der Waals surface area contributed by atoms with Crippen LogP contribution in [0.15, 0.2) is 18.2 Å². The lowest BCUT2D eigenvalue weighted by Crippen LogP contribution is -1.97. The molecule has 2 heteroatoms. The van der Waals surface area contributed by atoms with Crippen LogP contribution in [-0.2, 0) is 0 Å². The number of unbranched alkanes of at least 4 members (excludes halogenated alkanes) is 1. The van der Waals surface area contributed by atoms with E-state index in [-0.39, 0.29) is 0 Å². The van der Waals surface area contributed by atoms with Gasteiger partial charge in [-0.1, -0.05) is 19.4 Å². The molecule has 2 nitrogen and oxygen atoms in total. The van der Waals surface area contributed by atoms with E-state index in [1.165, 1.54) is 0 Å². The van der Waals surface area contributed by atoms with E-state index in [4.69, 9.17) is 9.47 Å². The molecular weight excluding hydrogens is 176 g/mol. The third-order valence-electron chi connectivity index (χ3n) is 2.03. The Hall–Kier alpha value is -1.18. The van der Waals surface area contributed by atoms with Gasteiger partial charge >= 0.3 is 0 Å². The van der Waals surface area contributed by atoms with Gasteiger partial charge in [-0.05, 0) is 25.0 Å². The number of ether oxygens (including phenoxy) is 2. The Morgan fingerprint density at radius 2 is 2.14 bits per heavy atom. The van der Waals surface area contributed by atoms with Crippen molar-refractivity contribution in [3.05, 3.63) is 30.7 Å². The standard InChI is InChI=1S/C12H17O2/c1-4-5-8-14-11-7-6-10(2)12(9-11)13-3/h6-7,9H,2,4-5,8H2,1,3H3. The summed E-state index contributed by atoms with van der Waals surface area (Å²) in [4.78, 5) is 0. The summed E-state index contributed by atoms with van der Waals surface area (Å²) in [5, 5.41) is 0. The van der Waals surface area contributed by atoms with Gasteiger partial charge in [-0.15, -0.1) is 0 Å². The molecule has 0 unspecified atom stereocenters. The normalized spacial score (nSPS) is 9.93. The summed E-state index contributed by atoms with van der Waals surface area (Å²) in [6, 6.07) is 5.69. The molecule has 0 aliphatic heterocycles. The summed E-state index contributed by atoms with van der Waals surface area (Å²) in [5.41, 5.74) is 0.885. The van der Waals surface area contributed by atoms with Crippen molar-refractivity contribution in [2.75, 3.05) is 13.7 Å². The van der Waals surface area contributed by atoms with E-state index < -0.39 is 0 Å². The summed E-state index contributed by atoms with van der Waals surface area (Å²) in [6.45, 7) is 6.75. The van der Waals surface area contributed by atoms with Crippen molar-refractivity contribution in [3.63, 3.8) is 0 Å². The molecule has 0 aromatic heterocycles. The van der Waals surface area contributed by atoms with Crippen LogP contribution in [0.25, 0.3) is 0 Å². The third kappa shape index (κ3) is 2.95. The van der Waals surface area contributed by atoms with Crippen molar-refractivity contribution >= 4 is 0 Å². The average molecular weight is 193 g/mol. The number of rotatable bonds is 5. The number of hydrogen-bond acceptors (Lipinski definition) is 2. The van der Waals surface area contributed by atoms with Gasteiger partial charge in [0.1, 0.15) is 11.5 Å². The second kappa shape index (κ2) is 5.53. The fourth-order valence-corrected chi connectivity index (χ4v) is 1.15. The molecule has 1 rings (SSSR count). The van der Waals surface area contributed by atoms with Crippen LogP contribution in [-0.4, -0.2) is 13.7 Å². The Labute approximate surface area is 85.8 Å². The molecule has 0 atom stereocenters. The first kappa shape index (κ1) is 10.9. The van der Waals surface area contributed by atoms with Crippen molar-refractivity contribution in [2.24, 2.45) is 0 Å². The molecule has 1 aromatic rings. The maximum Gasteiger partial charge on any atom is 0.125 e. The molecular formula is C12H17O2. The fraction of sp³-hybridized carbons (Fsp3) is 0.417. The fourth-order valence-electron chi connectivity index (χ4n) is 1.15. The van der Waals surface area contributed by atoms with Crippen molar-refractivity contribution in [2.45, 2.75) is 19.8 Å². The summed E-state index contributed by atoms with van der Waals surface area (Å²) in [6.07, 6.45) is 2.22. The zero-order chi connectivity index (χ0) is 10.4. The zero-order valence-electron chi connectivity index (χ0n) is 8.88. The van der Waals surface area contributed by atoms with E-state index in [0.717, 1.165) is 36.5 Å². The van der Waals surface area contributed by atoms with Crippen LogP contribution < -0.4 is 9.47 Å². The van der Waals surface area contributed by atoms with Crippen LogP contribution in [0.4, 0.5) is 0 Å². The Bertz CT molecular complexity index is 282. The molecule has 77 valence electrons. The molecule has 0 amide bonds. The molecule has 0 saturated heterocycles. The third-order valence-corrected chi connectivity index (χ3v) is 2.03. The molecule has 0 spiro atoms. The van der Waals surface area contributed by atoms with Crippen LogP contribution in [0.3, 0.4) is 0 Å². The Balaban J connectivity index is 2.60. The van der Waals surface area contributed by atoms with Crippen LogP contribution in [0.5, 0.6) is 11.5 Å². The van der Waals surface area contributed by atoms with Gasteiger partial charge in [0.2, 0.25) is 0 Å². The first-order valence-electron chi connectivity index (χ1n) is 4.90. The second-order valence-electron chi connectivity index (χ2n) is 3.18. The lowest BCUT2D eigenvalue weighted by Gasteiger charge is -2.08. The molecule has 1 aromatic carbocycles. The lowest BCUT2D eigenvalue weighted by atomic mass is 10.2. The van der Waals surface area contributed by atoms with Crippen molar-refractivity contribution in [1.82, 2.24) is 0 Å². The first-order chi connectivity index (χ1) is 6.77. The number of methoxy groups -OCH3 is 1. The molecule has 0 fully saturated rings. The number of hydrogen-bond donors (Lipinski definition) is 0. The first-order valence-corrected chi connectivity index (χ1v) is 4.90. The second-order valence-corrected chi connectivity index (χ2v) is 3.18. The topological polar surface area (TPSA) is 18.5 Å². The van der Waals surface area contributed by atoms with Crippen LogP contribution in [0, 0.1) is 6.92 Å². The monoisotopic (exact) mass is 193 g/mol. The van der Waals surface area contributed by atoms with Gasteiger partial charge in [0.25, 0.3) is 0 Å². The van der Waals surface area contributed by atoms with Gasteiger partial charge in [0.15, 0.2) is 0 Å². The molecule has 1 radical (unpaired) electrons. The lowest BCUT2D eigenvalue weighted by molar-refractivity contribution is 0.307. The highest BCUT2D eigenvalue weighted by molar-refractivity contribution is 5.42. The molecule has 0 aliphatic carbocycles. The van der Waals surface area contributed by atoms with E-state index >= 15 is 0 Å². The van der Waals surface area contributed by atoms with E-state index in [9.17, 15) is 0 Å². The Morgan fingerprint density at radius 1 is 1.36 bits per heavy atom. The summed E-state index contributed by atoms with van der Waals surface area (Å²) in [7, 11) is 1.64. The van der Waals surface area contributed by atoms with Gasteiger partial charge in [-0.3, -0.25) is 0 Å². The van der Waals surface area contributed by atoms with Crippen molar-refractivity contribution in [3.8, 4) is 11.5 Å². The molecule has 14 heavy (non-hydrogen) atoms. The van der Waals surface area contributed by atoms with Gasteiger partial charge in [-0.25, -0.2) is 0 Å². The van der Waals surface area contributed by atoms with Crippen molar-refractivity contribution in [1.29, 1.82) is 0 Å². The minimum atomic E-state index is 0.760. The summed E-state index contributed by atoms with van der Waals surface area (Å²) in [5.74, 6) is 1.63. The van der Waals surface area contributed by atoms with E-state index in [0.29, 0.717) is 0 Å². The van der Waals surface area contributed by atoms with Crippen LogP contribution in [0.1, 0.15) is 25.3 Å². The van der Waals surface area contributed by atoms with E-state index in [2.05, 4.69) is 13.8 Å². The molecule has 0 aliphatic rings. The summed E-state index contributed by atoms with van der Waals surface area (Å²) >= 11 is 0. The molecule has 0 bridgehead atoms. The number of benzene rings is 1. The van der Waals surface area contributed by atoms with Crippen LogP contribution in [0.2, 0.25) is 0 Å². The summed E-state index contributed by atoms with van der Waals surface area (Å²) < 4.78 is 10.7. The maximum atomic E-state index is 5.54. The maximum absolute atomic E-state index is 5.54. The van der Waals surface area contributed by atoms with Crippen LogP contribution >= 0.6 is 0 Å². The van der Waals surface area contributed by atoms with Gasteiger partial charge in [0, 0.05) is 6.07 Å². The largest absolute Gasteiger partial charge is 0.496 e. The zero-order valence-corrected chi connectivity index (χ0v) is 8.88. The predicted octanol–water partition coefficient (Wildman–Crippen LogP) is 3.06. The highest BCUT2D eigenvalue weighted by Gasteiger charge is 2.00. The molecule has 0 heterocycles. The highest BCUT2D eigenvalue weighted by Crippen LogP contribution is 2.23. The van der Waals surface area contributed by atoms with E-state index in [1.54, 1.807) is 7.11 Å². The van der Waals surface area contributed by atoms with Crippen molar-refractivity contribution < 1.29 is 9.47 Å². The molecule has 0 N–H and O–H groups in total. The van der Waals surface area contributed by atoms with Gasteiger partial charge < -0.3 is 9.47 Å². The van der Waals surface area contributed by atoms with Gasteiger partial charge in [-0.2, -0.15) is 0 Å². The average Bonchev–Trinajstić information content (AvgIpc) is 2.21. The Morgan fingerprint density at radius 3 is 2.79 bits per heavy atom. The quantitative estimate of drug-likeness (QED) is 0.669. The van der Waals surface area contributed by atoms with E-state index in [1.807, 2.05) is 18.2 Å². The predicted molar refractivity (Wildman–Crippen MR) is 57.9 cm³/mol. The minimum Gasteiger partial charge on any atom is -0.496 e. The molecule has 0 saturated carbocycles. The Kier molecular flexibility index (Phi) is 4.30. The SMILES string of the molecule is [CH2]c1ccc(OCCCC)cc1OC. The minimum absolute atomic E-state index is 0.760.